The van der Waals surface area contributed by atoms with E-state index in [1.807, 2.05) is 0 Å². The number of hydrogen-bond acceptors (Lipinski definition) is 6. The Morgan fingerprint density at radius 2 is 2.11 bits per heavy atom. The van der Waals surface area contributed by atoms with Crippen LogP contribution in [0.3, 0.4) is 0 Å². The Hall–Kier alpha value is -2.12. The lowest BCUT2D eigenvalue weighted by Gasteiger charge is -2.33. The van der Waals surface area contributed by atoms with Crippen molar-refractivity contribution in [2.24, 2.45) is 11.1 Å². The molecule has 1 heterocycles. The SMILES string of the molecule is NC(=O)OCC1(C(=O)Oc2cn[nH]n2)CCCCC1. The first-order valence-corrected chi connectivity index (χ1v) is 6.13. The zero-order valence-electron chi connectivity index (χ0n) is 10.4. The molecule has 0 atom stereocenters. The highest BCUT2D eigenvalue weighted by molar-refractivity contribution is 5.79. The number of ether oxygens (including phenoxy) is 2. The first-order valence-electron chi connectivity index (χ1n) is 6.13. The van der Waals surface area contributed by atoms with Crippen molar-refractivity contribution in [2.45, 2.75) is 32.1 Å². The van der Waals surface area contributed by atoms with Crippen LogP contribution in [0.2, 0.25) is 0 Å². The van der Waals surface area contributed by atoms with Gasteiger partial charge >= 0.3 is 12.1 Å². The Morgan fingerprint density at radius 1 is 1.37 bits per heavy atom. The standard InChI is InChI=1S/C11H16N4O4/c12-10(17)18-7-11(4-2-1-3-5-11)9(16)19-8-6-13-15-14-8/h6H,1-5,7H2,(H2,12,17)(H,13,14,15). The number of carbonyl (C=O) groups is 2. The maximum absolute atomic E-state index is 12.3. The smallest absolute Gasteiger partial charge is 0.404 e. The van der Waals surface area contributed by atoms with Gasteiger partial charge in [0, 0.05) is 0 Å². The van der Waals surface area contributed by atoms with E-state index in [1.54, 1.807) is 0 Å². The first kappa shape index (κ1) is 13.3. The van der Waals surface area contributed by atoms with Gasteiger partial charge in [-0.05, 0) is 12.8 Å². The third-order valence-electron chi connectivity index (χ3n) is 3.32. The van der Waals surface area contributed by atoms with E-state index in [1.165, 1.54) is 6.20 Å². The molecule has 0 spiro atoms. The molecule has 2 rings (SSSR count). The molecule has 8 nitrogen and oxygen atoms in total. The Labute approximate surface area is 109 Å². The van der Waals surface area contributed by atoms with E-state index in [9.17, 15) is 9.59 Å². The summed E-state index contributed by atoms with van der Waals surface area (Å²) in [6.45, 7) is -0.0565. The fraction of sp³-hybridized carbons (Fsp3) is 0.636. The fourth-order valence-corrected chi connectivity index (χ4v) is 2.29. The summed E-state index contributed by atoms with van der Waals surface area (Å²) in [5, 5.41) is 9.58. The van der Waals surface area contributed by atoms with Gasteiger partial charge in [-0.1, -0.05) is 19.3 Å². The van der Waals surface area contributed by atoms with E-state index in [0.29, 0.717) is 12.8 Å². The van der Waals surface area contributed by atoms with Crippen LogP contribution < -0.4 is 10.5 Å². The van der Waals surface area contributed by atoms with Crippen LogP contribution in [0.5, 0.6) is 5.88 Å². The Morgan fingerprint density at radius 3 is 2.68 bits per heavy atom. The molecule has 1 aromatic heterocycles. The van der Waals surface area contributed by atoms with Crippen LogP contribution in [0.1, 0.15) is 32.1 Å². The van der Waals surface area contributed by atoms with Crippen LogP contribution in [0.25, 0.3) is 0 Å². The number of hydrogen-bond donors (Lipinski definition) is 2. The van der Waals surface area contributed by atoms with Gasteiger partial charge in [0.15, 0.2) is 0 Å². The molecule has 1 amide bonds. The number of rotatable bonds is 4. The van der Waals surface area contributed by atoms with Crippen molar-refractivity contribution >= 4 is 12.1 Å². The third kappa shape index (κ3) is 3.21. The molecule has 8 heteroatoms. The van der Waals surface area contributed by atoms with Crippen molar-refractivity contribution in [1.82, 2.24) is 15.4 Å². The Balaban J connectivity index is 2.07. The number of primary amides is 1. The van der Waals surface area contributed by atoms with Gasteiger partial charge in [-0.15, -0.1) is 5.10 Å². The van der Waals surface area contributed by atoms with Crippen molar-refractivity contribution in [3.63, 3.8) is 0 Å². The lowest BCUT2D eigenvalue weighted by molar-refractivity contribution is -0.151. The number of H-pyrrole nitrogens is 1. The average Bonchev–Trinajstić information content (AvgIpc) is 2.90. The van der Waals surface area contributed by atoms with Crippen LogP contribution in [0, 0.1) is 5.41 Å². The van der Waals surface area contributed by atoms with Crippen LogP contribution in [-0.4, -0.2) is 34.1 Å². The molecule has 104 valence electrons. The molecule has 19 heavy (non-hydrogen) atoms. The van der Waals surface area contributed by atoms with Gasteiger partial charge in [-0.3, -0.25) is 4.79 Å². The molecule has 1 aliphatic carbocycles. The van der Waals surface area contributed by atoms with Crippen molar-refractivity contribution in [3.05, 3.63) is 6.20 Å². The number of aromatic amines is 1. The van der Waals surface area contributed by atoms with Crippen LogP contribution in [0.4, 0.5) is 4.79 Å². The molecule has 1 fully saturated rings. The van der Waals surface area contributed by atoms with Gasteiger partial charge in [0.2, 0.25) is 0 Å². The second kappa shape index (κ2) is 5.68. The van der Waals surface area contributed by atoms with Gasteiger partial charge in [0.25, 0.3) is 5.88 Å². The maximum Gasteiger partial charge on any atom is 0.404 e. The molecule has 1 aromatic rings. The van der Waals surface area contributed by atoms with E-state index in [2.05, 4.69) is 15.4 Å². The Kier molecular flexibility index (Phi) is 3.98. The zero-order valence-corrected chi connectivity index (χ0v) is 10.4. The van der Waals surface area contributed by atoms with E-state index in [4.69, 9.17) is 15.2 Å². The Bertz CT molecular complexity index is 440. The molecule has 0 unspecified atom stereocenters. The van der Waals surface area contributed by atoms with E-state index < -0.39 is 17.5 Å². The molecule has 1 aliphatic rings. The average molecular weight is 268 g/mol. The third-order valence-corrected chi connectivity index (χ3v) is 3.32. The van der Waals surface area contributed by atoms with Crippen molar-refractivity contribution < 1.29 is 19.1 Å². The topological polar surface area (TPSA) is 120 Å². The highest BCUT2D eigenvalue weighted by atomic mass is 16.6. The molecule has 1 saturated carbocycles. The molecular formula is C11H16N4O4. The molecule has 0 aromatic carbocycles. The predicted octanol–water partition coefficient (Wildman–Crippen LogP) is 0.756. The van der Waals surface area contributed by atoms with Gasteiger partial charge in [-0.25, -0.2) is 4.79 Å². The summed E-state index contributed by atoms with van der Waals surface area (Å²) < 4.78 is 9.97. The number of nitrogens with zero attached hydrogens (tertiary/aromatic N) is 2. The van der Waals surface area contributed by atoms with Crippen molar-refractivity contribution in [1.29, 1.82) is 0 Å². The molecule has 0 bridgehead atoms. The van der Waals surface area contributed by atoms with Crippen LogP contribution in [0.15, 0.2) is 6.20 Å². The monoisotopic (exact) mass is 268 g/mol. The highest BCUT2D eigenvalue weighted by Gasteiger charge is 2.43. The zero-order chi connectivity index (χ0) is 13.7. The summed E-state index contributed by atoms with van der Waals surface area (Å²) in [4.78, 5) is 23.0. The number of aromatic nitrogens is 3. The number of esters is 1. The second-order valence-electron chi connectivity index (χ2n) is 4.65. The second-order valence-corrected chi connectivity index (χ2v) is 4.65. The fourth-order valence-electron chi connectivity index (χ4n) is 2.29. The van der Waals surface area contributed by atoms with Gasteiger partial charge in [0.1, 0.15) is 18.2 Å². The molecular weight excluding hydrogens is 252 g/mol. The lowest BCUT2D eigenvalue weighted by Crippen LogP contribution is -2.42. The van der Waals surface area contributed by atoms with E-state index >= 15 is 0 Å². The number of nitrogens with two attached hydrogens (primary N) is 1. The molecule has 0 saturated heterocycles. The number of nitrogens with one attached hydrogen (secondary N) is 1. The first-order chi connectivity index (χ1) is 9.12. The largest absolute Gasteiger partial charge is 0.448 e. The maximum atomic E-state index is 12.3. The summed E-state index contributed by atoms with van der Waals surface area (Å²) in [7, 11) is 0. The van der Waals surface area contributed by atoms with E-state index in [0.717, 1.165) is 19.3 Å². The van der Waals surface area contributed by atoms with E-state index in [-0.39, 0.29) is 12.5 Å². The quantitative estimate of drug-likeness (QED) is 0.777. The summed E-state index contributed by atoms with van der Waals surface area (Å²) in [6, 6.07) is 0. The highest BCUT2D eigenvalue weighted by Crippen LogP contribution is 2.37. The van der Waals surface area contributed by atoms with Crippen molar-refractivity contribution in [3.8, 4) is 5.88 Å². The summed E-state index contributed by atoms with van der Waals surface area (Å²) >= 11 is 0. The van der Waals surface area contributed by atoms with Gasteiger partial charge in [0.05, 0.1) is 0 Å². The minimum absolute atomic E-state index is 0.0565. The van der Waals surface area contributed by atoms with Crippen LogP contribution >= 0.6 is 0 Å². The van der Waals surface area contributed by atoms with Crippen LogP contribution in [-0.2, 0) is 9.53 Å². The molecule has 0 radical (unpaired) electrons. The van der Waals surface area contributed by atoms with Gasteiger partial charge < -0.3 is 15.2 Å². The minimum Gasteiger partial charge on any atom is -0.448 e. The minimum atomic E-state index is -0.890. The normalized spacial score (nSPS) is 17.7. The summed E-state index contributed by atoms with van der Waals surface area (Å²) in [5.74, 6) is -0.351. The number of carbonyl (C=O) groups excluding carboxylic acids is 2. The van der Waals surface area contributed by atoms with Crippen molar-refractivity contribution in [2.75, 3.05) is 6.61 Å². The summed E-state index contributed by atoms with van der Waals surface area (Å²) in [6.07, 6.45) is 4.46. The van der Waals surface area contributed by atoms with Gasteiger partial charge in [-0.2, -0.15) is 10.3 Å². The number of amides is 1. The summed E-state index contributed by atoms with van der Waals surface area (Å²) in [5.41, 5.74) is 4.14. The predicted molar refractivity (Wildman–Crippen MR) is 63.1 cm³/mol. The molecule has 0 aliphatic heterocycles. The lowest BCUT2D eigenvalue weighted by atomic mass is 9.74. The molecule has 3 N–H and O–H groups in total.